The fourth-order valence-corrected chi connectivity index (χ4v) is 2.02. The fraction of sp³-hybridized carbons (Fsp3) is 0.0667. The summed E-state index contributed by atoms with van der Waals surface area (Å²) in [5.74, 6) is -0.533. The summed E-state index contributed by atoms with van der Waals surface area (Å²) >= 11 is 11.8. The first-order valence-electron chi connectivity index (χ1n) is 6.13. The number of hydrogen-bond donors (Lipinski definition) is 1. The molecule has 0 bridgehead atoms. The molecular weight excluding hydrogens is 329 g/mol. The van der Waals surface area contributed by atoms with E-state index in [1.54, 1.807) is 30.3 Å². The maximum atomic E-state index is 11.9. The third-order valence-corrected chi connectivity index (χ3v) is 3.50. The number of amides is 1. The van der Waals surface area contributed by atoms with Crippen LogP contribution in [0.1, 0.15) is 10.4 Å². The standard InChI is InChI=1S/C15H11Cl2NO4/c1-21-14(19)9-5-2-3-8-12(9)22-15(20)18-11-7-4-6-10(16)13(11)17/h2-8H,1H3,(H,18,20). The molecule has 0 saturated carbocycles. The second-order valence-corrected chi connectivity index (χ2v) is 4.89. The maximum absolute atomic E-state index is 11.9. The minimum absolute atomic E-state index is 0.0741. The van der Waals surface area contributed by atoms with Gasteiger partial charge in [0.25, 0.3) is 0 Å². The third-order valence-electron chi connectivity index (χ3n) is 2.68. The molecule has 22 heavy (non-hydrogen) atoms. The highest BCUT2D eigenvalue weighted by Gasteiger charge is 2.16. The van der Waals surface area contributed by atoms with Gasteiger partial charge in [-0.1, -0.05) is 41.4 Å². The summed E-state index contributed by atoms with van der Waals surface area (Å²) in [4.78, 5) is 23.5. The molecule has 0 heterocycles. The molecule has 0 aliphatic carbocycles. The fourth-order valence-electron chi connectivity index (χ4n) is 1.67. The van der Waals surface area contributed by atoms with Crippen LogP contribution in [0.4, 0.5) is 10.5 Å². The van der Waals surface area contributed by atoms with E-state index in [2.05, 4.69) is 10.1 Å². The van der Waals surface area contributed by atoms with Gasteiger partial charge in [-0.2, -0.15) is 0 Å². The van der Waals surface area contributed by atoms with E-state index in [4.69, 9.17) is 27.9 Å². The van der Waals surface area contributed by atoms with Crippen molar-refractivity contribution < 1.29 is 19.1 Å². The van der Waals surface area contributed by atoms with E-state index in [-0.39, 0.29) is 16.3 Å². The normalized spacial score (nSPS) is 9.95. The van der Waals surface area contributed by atoms with E-state index in [1.807, 2.05) is 0 Å². The molecule has 0 aromatic heterocycles. The molecule has 0 aliphatic heterocycles. The lowest BCUT2D eigenvalue weighted by Gasteiger charge is -2.10. The number of benzene rings is 2. The summed E-state index contributed by atoms with van der Waals surface area (Å²) in [5.41, 5.74) is 0.437. The van der Waals surface area contributed by atoms with Crippen LogP contribution in [0, 0.1) is 0 Å². The summed E-state index contributed by atoms with van der Waals surface area (Å²) in [7, 11) is 1.24. The molecule has 0 radical (unpaired) electrons. The number of carbonyl (C=O) groups excluding carboxylic acids is 2. The van der Waals surface area contributed by atoms with Gasteiger partial charge in [0, 0.05) is 0 Å². The average molecular weight is 340 g/mol. The molecule has 1 amide bonds. The Balaban J connectivity index is 2.16. The largest absolute Gasteiger partial charge is 0.465 e. The Morgan fingerprint density at radius 2 is 1.77 bits per heavy atom. The Bertz CT molecular complexity index is 718. The second-order valence-electron chi connectivity index (χ2n) is 4.10. The zero-order chi connectivity index (χ0) is 16.1. The zero-order valence-electron chi connectivity index (χ0n) is 11.4. The zero-order valence-corrected chi connectivity index (χ0v) is 12.9. The number of methoxy groups -OCH3 is 1. The molecule has 114 valence electrons. The van der Waals surface area contributed by atoms with E-state index in [1.165, 1.54) is 19.2 Å². The number of rotatable bonds is 3. The Hall–Kier alpha value is -2.24. The van der Waals surface area contributed by atoms with E-state index < -0.39 is 12.1 Å². The maximum Gasteiger partial charge on any atom is 0.417 e. The van der Waals surface area contributed by atoms with Crippen molar-refractivity contribution in [2.24, 2.45) is 0 Å². The molecule has 5 nitrogen and oxygen atoms in total. The van der Waals surface area contributed by atoms with Gasteiger partial charge in [-0.3, -0.25) is 5.32 Å². The van der Waals surface area contributed by atoms with Crippen molar-refractivity contribution in [3.05, 3.63) is 58.1 Å². The molecule has 0 unspecified atom stereocenters. The van der Waals surface area contributed by atoms with Gasteiger partial charge in [0.2, 0.25) is 0 Å². The molecule has 0 spiro atoms. The molecule has 1 N–H and O–H groups in total. The SMILES string of the molecule is COC(=O)c1ccccc1OC(=O)Nc1cccc(Cl)c1Cl. The monoisotopic (exact) mass is 339 g/mol. The van der Waals surface area contributed by atoms with Crippen molar-refractivity contribution in [3.8, 4) is 5.75 Å². The first-order chi connectivity index (χ1) is 10.5. The van der Waals surface area contributed by atoms with Crippen LogP contribution in [-0.2, 0) is 4.74 Å². The lowest BCUT2D eigenvalue weighted by molar-refractivity contribution is 0.0598. The number of anilines is 1. The first kappa shape index (κ1) is 16.1. The van der Waals surface area contributed by atoms with E-state index in [0.29, 0.717) is 10.7 Å². The lowest BCUT2D eigenvalue weighted by Crippen LogP contribution is -2.18. The highest BCUT2D eigenvalue weighted by atomic mass is 35.5. The van der Waals surface area contributed by atoms with Crippen molar-refractivity contribution in [1.82, 2.24) is 0 Å². The topological polar surface area (TPSA) is 64.6 Å². The van der Waals surface area contributed by atoms with Crippen molar-refractivity contribution in [1.29, 1.82) is 0 Å². The van der Waals surface area contributed by atoms with Crippen LogP contribution in [0.5, 0.6) is 5.75 Å². The molecular formula is C15H11Cl2NO4. The predicted molar refractivity (Wildman–Crippen MR) is 83.9 cm³/mol. The Labute approximate surface area is 136 Å². The summed E-state index contributed by atoms with van der Waals surface area (Å²) < 4.78 is 9.74. The quantitative estimate of drug-likeness (QED) is 0.842. The van der Waals surface area contributed by atoms with Gasteiger partial charge in [0.15, 0.2) is 0 Å². The van der Waals surface area contributed by atoms with Crippen LogP contribution >= 0.6 is 23.2 Å². The van der Waals surface area contributed by atoms with Crippen molar-refractivity contribution in [2.45, 2.75) is 0 Å². The Morgan fingerprint density at radius 1 is 1.05 bits per heavy atom. The minimum atomic E-state index is -0.805. The molecule has 2 aromatic rings. The van der Waals surface area contributed by atoms with E-state index in [9.17, 15) is 9.59 Å². The summed E-state index contributed by atoms with van der Waals surface area (Å²) in [6, 6.07) is 11.0. The third kappa shape index (κ3) is 3.69. The average Bonchev–Trinajstić information content (AvgIpc) is 2.51. The van der Waals surface area contributed by atoms with Crippen LogP contribution in [-0.4, -0.2) is 19.2 Å². The van der Waals surface area contributed by atoms with Gasteiger partial charge in [0.1, 0.15) is 11.3 Å². The smallest absolute Gasteiger partial charge is 0.417 e. The highest BCUT2D eigenvalue weighted by molar-refractivity contribution is 6.43. The highest BCUT2D eigenvalue weighted by Crippen LogP contribution is 2.29. The molecule has 7 heteroatoms. The predicted octanol–water partition coefficient (Wildman–Crippen LogP) is 4.39. The molecule has 0 atom stereocenters. The van der Waals surface area contributed by atoms with Gasteiger partial charge < -0.3 is 9.47 Å². The molecule has 2 aromatic carbocycles. The summed E-state index contributed by atoms with van der Waals surface area (Å²) in [5, 5.41) is 2.95. The van der Waals surface area contributed by atoms with Crippen LogP contribution in [0.3, 0.4) is 0 Å². The van der Waals surface area contributed by atoms with Crippen LogP contribution < -0.4 is 10.1 Å². The number of halogens is 2. The molecule has 0 fully saturated rings. The van der Waals surface area contributed by atoms with Crippen molar-refractivity contribution in [2.75, 3.05) is 12.4 Å². The number of para-hydroxylation sites is 1. The summed E-state index contributed by atoms with van der Waals surface area (Å²) in [6.07, 6.45) is -0.805. The minimum Gasteiger partial charge on any atom is -0.465 e. The number of esters is 1. The van der Waals surface area contributed by atoms with Crippen LogP contribution in [0.15, 0.2) is 42.5 Å². The van der Waals surface area contributed by atoms with Gasteiger partial charge in [0.05, 0.1) is 22.8 Å². The van der Waals surface area contributed by atoms with Gasteiger partial charge in [-0.05, 0) is 24.3 Å². The van der Waals surface area contributed by atoms with Gasteiger partial charge >= 0.3 is 12.1 Å². The van der Waals surface area contributed by atoms with Crippen LogP contribution in [0.2, 0.25) is 10.0 Å². The number of ether oxygens (including phenoxy) is 2. The van der Waals surface area contributed by atoms with Gasteiger partial charge in [-0.25, -0.2) is 9.59 Å². The van der Waals surface area contributed by atoms with E-state index >= 15 is 0 Å². The Kier molecular flexibility index (Phi) is 5.25. The van der Waals surface area contributed by atoms with Gasteiger partial charge in [-0.15, -0.1) is 0 Å². The summed E-state index contributed by atoms with van der Waals surface area (Å²) in [6.45, 7) is 0. The second kappa shape index (κ2) is 7.15. The molecule has 0 aliphatic rings. The molecule has 2 rings (SSSR count). The first-order valence-corrected chi connectivity index (χ1v) is 6.88. The Morgan fingerprint density at radius 3 is 2.50 bits per heavy atom. The lowest BCUT2D eigenvalue weighted by atomic mass is 10.2. The van der Waals surface area contributed by atoms with Crippen LogP contribution in [0.25, 0.3) is 0 Å². The number of nitrogens with one attached hydrogen (secondary N) is 1. The van der Waals surface area contributed by atoms with Crippen molar-refractivity contribution in [3.63, 3.8) is 0 Å². The van der Waals surface area contributed by atoms with E-state index in [0.717, 1.165) is 0 Å². The molecule has 0 saturated heterocycles. The number of hydrogen-bond acceptors (Lipinski definition) is 4. The number of carbonyl (C=O) groups is 2. The van der Waals surface area contributed by atoms with Crippen molar-refractivity contribution >= 4 is 41.0 Å².